The van der Waals surface area contributed by atoms with Crippen molar-refractivity contribution in [1.82, 2.24) is 0 Å². The second-order valence-corrected chi connectivity index (χ2v) is 8.80. The van der Waals surface area contributed by atoms with E-state index in [0.717, 1.165) is 34.2 Å². The molecule has 0 aliphatic carbocycles. The van der Waals surface area contributed by atoms with Gasteiger partial charge in [-0.25, -0.2) is 4.85 Å². The number of aryl methyl sites for hydroxylation is 2. The van der Waals surface area contributed by atoms with E-state index in [4.69, 9.17) is 11.3 Å². The molecule has 0 saturated carbocycles. The minimum Gasteiger partial charge on any atom is -0.461 e. The van der Waals surface area contributed by atoms with Gasteiger partial charge < -0.3 is 4.74 Å². The highest BCUT2D eigenvalue weighted by Gasteiger charge is 2.34. The average molecular weight is 394 g/mol. The fourth-order valence-electron chi connectivity index (χ4n) is 4.84. The maximum Gasteiger partial charge on any atom is 0.249 e. The van der Waals surface area contributed by atoms with E-state index in [-0.39, 0.29) is 0 Å². The van der Waals surface area contributed by atoms with Crippen molar-refractivity contribution in [2.45, 2.75) is 34.1 Å². The van der Waals surface area contributed by atoms with Crippen LogP contribution >= 0.6 is 0 Å². The average Bonchev–Trinajstić information content (AvgIpc) is 2.71. The summed E-state index contributed by atoms with van der Waals surface area (Å²) in [6.07, 6.45) is 1.00. The maximum atomic E-state index is 7.93. The molecule has 2 heterocycles. The molecule has 5 rings (SSSR count). The highest BCUT2D eigenvalue weighted by molar-refractivity contribution is 6.08. The van der Waals surface area contributed by atoms with Crippen LogP contribution in [-0.4, -0.2) is 0 Å². The fourth-order valence-corrected chi connectivity index (χ4v) is 4.84. The molecule has 0 radical (unpaired) electrons. The molecular formula is C27H25N2O+. The molecule has 0 saturated heterocycles. The molecule has 0 atom stereocenters. The number of ether oxygens (including phenoxy) is 1. The third-order valence-corrected chi connectivity index (χ3v) is 6.27. The van der Waals surface area contributed by atoms with Gasteiger partial charge in [0.25, 0.3) is 0 Å². The lowest BCUT2D eigenvalue weighted by Crippen LogP contribution is -2.33. The van der Waals surface area contributed by atoms with E-state index in [0.29, 0.717) is 17.4 Å². The summed E-state index contributed by atoms with van der Waals surface area (Å²) < 4.78 is 8.73. The molecule has 30 heavy (non-hydrogen) atoms. The number of para-hydroxylation sites is 1. The third kappa shape index (κ3) is 2.53. The number of hydrogen-bond donors (Lipinski definition) is 0. The number of pyridine rings is 1. The molecule has 0 fully saturated rings. The van der Waals surface area contributed by atoms with Crippen molar-refractivity contribution < 1.29 is 9.30 Å². The Morgan fingerprint density at radius 3 is 2.60 bits per heavy atom. The second-order valence-electron chi connectivity index (χ2n) is 8.80. The Hall–Kier alpha value is -3.38. The summed E-state index contributed by atoms with van der Waals surface area (Å²) >= 11 is 0. The third-order valence-electron chi connectivity index (χ3n) is 6.27. The largest absolute Gasteiger partial charge is 0.461 e. The first-order chi connectivity index (χ1) is 14.4. The highest BCUT2D eigenvalue weighted by Crippen LogP contribution is 2.52. The monoisotopic (exact) mass is 393 g/mol. The lowest BCUT2D eigenvalue weighted by Gasteiger charge is -2.24. The van der Waals surface area contributed by atoms with Crippen molar-refractivity contribution >= 4 is 27.4 Å². The molecule has 0 amide bonds. The van der Waals surface area contributed by atoms with Gasteiger partial charge in [-0.2, -0.15) is 4.57 Å². The van der Waals surface area contributed by atoms with Crippen LogP contribution in [0.2, 0.25) is 0 Å². The van der Waals surface area contributed by atoms with Crippen LogP contribution in [-0.2, 0) is 13.5 Å². The summed E-state index contributed by atoms with van der Waals surface area (Å²) in [6.45, 7) is 16.8. The van der Waals surface area contributed by atoms with Crippen LogP contribution in [0.5, 0.6) is 11.5 Å². The molecule has 148 valence electrons. The first kappa shape index (κ1) is 18.6. The Labute approximate surface area is 177 Å². The molecule has 1 aliphatic rings. The summed E-state index contributed by atoms with van der Waals surface area (Å²) in [6, 6.07) is 14.8. The smallest absolute Gasteiger partial charge is 0.249 e. The lowest BCUT2D eigenvalue weighted by molar-refractivity contribution is -0.633. The molecule has 0 bridgehead atoms. The summed E-state index contributed by atoms with van der Waals surface area (Å²) in [5.74, 6) is 2.11. The molecular weight excluding hydrogens is 368 g/mol. The van der Waals surface area contributed by atoms with E-state index in [9.17, 15) is 0 Å². The van der Waals surface area contributed by atoms with Gasteiger partial charge in [0.2, 0.25) is 22.6 Å². The van der Waals surface area contributed by atoms with Crippen molar-refractivity contribution in [3.63, 3.8) is 0 Å². The molecule has 3 heteroatoms. The topological polar surface area (TPSA) is 17.5 Å². The first-order valence-electron chi connectivity index (χ1n) is 10.5. The zero-order valence-electron chi connectivity index (χ0n) is 18.1. The zero-order valence-corrected chi connectivity index (χ0v) is 18.1. The molecule has 0 spiro atoms. The lowest BCUT2D eigenvalue weighted by atomic mass is 9.88. The number of hydrogen-bond acceptors (Lipinski definition) is 1. The molecule has 3 aromatic carbocycles. The summed E-state index contributed by atoms with van der Waals surface area (Å²) in [7, 11) is 2.07. The minimum absolute atomic E-state index is 0.567. The second kappa shape index (κ2) is 6.57. The Balaban J connectivity index is 1.97. The van der Waals surface area contributed by atoms with Crippen molar-refractivity contribution in [2.24, 2.45) is 13.0 Å². The van der Waals surface area contributed by atoms with Gasteiger partial charge in [-0.3, -0.25) is 0 Å². The number of benzene rings is 3. The Morgan fingerprint density at radius 1 is 1.10 bits per heavy atom. The van der Waals surface area contributed by atoms with Gasteiger partial charge in [-0.15, -0.1) is 0 Å². The van der Waals surface area contributed by atoms with Crippen LogP contribution < -0.4 is 9.30 Å². The van der Waals surface area contributed by atoms with E-state index in [1.54, 1.807) is 0 Å². The Morgan fingerprint density at radius 2 is 1.87 bits per heavy atom. The number of nitrogens with zero attached hydrogens (tertiary/aromatic N) is 2. The van der Waals surface area contributed by atoms with Crippen LogP contribution in [0.15, 0.2) is 42.5 Å². The molecule has 1 aliphatic heterocycles. The number of rotatable bonds is 2. The highest BCUT2D eigenvalue weighted by atomic mass is 16.5. The maximum absolute atomic E-state index is 7.93. The van der Waals surface area contributed by atoms with E-state index >= 15 is 0 Å². The Kier molecular flexibility index (Phi) is 4.08. The van der Waals surface area contributed by atoms with Crippen molar-refractivity contribution in [3.8, 4) is 22.8 Å². The summed E-state index contributed by atoms with van der Waals surface area (Å²) in [5, 5.41) is 3.29. The SMILES string of the molecule is [C-]#[N+]c1c2c([n+](C)c3ccccc13)-c1c(C)c(C)cc3cc(CC(C)C)cc(c13)O2. The van der Waals surface area contributed by atoms with Crippen LogP contribution in [0.25, 0.3) is 37.8 Å². The standard InChI is InChI=1S/C27H25N2O/c1-15(2)11-18-13-19-12-16(3)17(4)23-24(19)22(14-18)30-27-25(28-5)20-9-7-8-10-21(20)29(6)26(23)27/h7-10,12-15H,11H2,1-4,6H3/q+1. The number of aromatic nitrogens is 1. The summed E-state index contributed by atoms with van der Waals surface area (Å²) in [5.41, 5.74) is 7.60. The van der Waals surface area contributed by atoms with Crippen molar-refractivity contribution in [1.29, 1.82) is 0 Å². The molecule has 4 aromatic rings. The van der Waals surface area contributed by atoms with Gasteiger partial charge in [0, 0.05) is 11.5 Å². The number of fused-ring (bicyclic) bond motifs is 3. The van der Waals surface area contributed by atoms with Crippen LogP contribution in [0.1, 0.15) is 30.5 Å². The van der Waals surface area contributed by atoms with Gasteiger partial charge in [-0.1, -0.05) is 44.2 Å². The Bertz CT molecular complexity index is 1410. The normalized spacial score (nSPS) is 12.2. The summed E-state index contributed by atoms with van der Waals surface area (Å²) in [4.78, 5) is 3.92. The molecule has 3 nitrogen and oxygen atoms in total. The van der Waals surface area contributed by atoms with E-state index in [2.05, 4.69) is 68.4 Å². The fraction of sp³-hybridized carbons (Fsp3) is 0.259. The first-order valence-corrected chi connectivity index (χ1v) is 10.5. The predicted molar refractivity (Wildman–Crippen MR) is 122 cm³/mol. The van der Waals surface area contributed by atoms with E-state index in [1.165, 1.54) is 27.6 Å². The van der Waals surface area contributed by atoms with Gasteiger partial charge >= 0.3 is 0 Å². The van der Waals surface area contributed by atoms with Crippen LogP contribution in [0.4, 0.5) is 5.69 Å². The molecule has 1 aromatic heterocycles. The predicted octanol–water partition coefficient (Wildman–Crippen LogP) is 6.96. The van der Waals surface area contributed by atoms with E-state index < -0.39 is 0 Å². The van der Waals surface area contributed by atoms with E-state index in [1.807, 2.05) is 18.2 Å². The van der Waals surface area contributed by atoms with Crippen molar-refractivity contribution in [2.75, 3.05) is 0 Å². The van der Waals surface area contributed by atoms with Crippen molar-refractivity contribution in [3.05, 3.63) is 70.6 Å². The zero-order chi connectivity index (χ0) is 21.2. The van der Waals surface area contributed by atoms with Gasteiger partial charge in [-0.05, 0) is 54.3 Å². The molecule has 0 N–H and O–H groups in total. The van der Waals surface area contributed by atoms with Gasteiger partial charge in [0.15, 0.2) is 0 Å². The minimum atomic E-state index is 0.567. The van der Waals surface area contributed by atoms with Crippen LogP contribution in [0, 0.1) is 26.3 Å². The van der Waals surface area contributed by atoms with Gasteiger partial charge in [0.1, 0.15) is 12.8 Å². The van der Waals surface area contributed by atoms with Gasteiger partial charge in [0.05, 0.1) is 17.5 Å². The quantitative estimate of drug-likeness (QED) is 0.234. The molecule has 0 unspecified atom stereocenters. The van der Waals surface area contributed by atoms with Crippen LogP contribution in [0.3, 0.4) is 0 Å².